The van der Waals surface area contributed by atoms with Gasteiger partial charge in [0, 0.05) is 0 Å². The first-order valence-electron chi connectivity index (χ1n) is 6.22. The summed E-state index contributed by atoms with van der Waals surface area (Å²) in [7, 11) is 0. The number of hydrogen-bond donors (Lipinski definition) is 0. The van der Waals surface area contributed by atoms with Gasteiger partial charge in [0.15, 0.2) is 0 Å². The van der Waals surface area contributed by atoms with Gasteiger partial charge in [-0.2, -0.15) is 0 Å². The molecule has 0 saturated carbocycles. The average molecular weight is 256 g/mol. The molecule has 0 N–H and O–H groups in total. The molecule has 2 rings (SSSR count). The minimum atomic E-state index is -0.250. The van der Waals surface area contributed by atoms with Crippen LogP contribution >= 0.6 is 0 Å². The number of para-hydroxylation sites is 1. The van der Waals surface area contributed by atoms with Crippen molar-refractivity contribution in [3.05, 3.63) is 66.2 Å². The van der Waals surface area contributed by atoms with Crippen LogP contribution in [0, 0.1) is 0 Å². The Morgan fingerprint density at radius 3 is 2.21 bits per heavy atom. The van der Waals surface area contributed by atoms with Crippen molar-refractivity contribution < 1.29 is 14.3 Å². The van der Waals surface area contributed by atoms with Gasteiger partial charge in [-0.25, -0.2) is 0 Å². The summed E-state index contributed by atoms with van der Waals surface area (Å²) in [5.74, 6) is 0.512. The quantitative estimate of drug-likeness (QED) is 0.744. The minimum absolute atomic E-state index is 0.250. The van der Waals surface area contributed by atoms with E-state index in [1.54, 1.807) is 0 Å². The summed E-state index contributed by atoms with van der Waals surface area (Å²) < 4.78 is 10.6. The summed E-state index contributed by atoms with van der Waals surface area (Å²) in [6, 6.07) is 19.0. The number of carbonyl (C=O) groups excluding carboxylic acids is 1. The average Bonchev–Trinajstić information content (AvgIpc) is 2.47. The van der Waals surface area contributed by atoms with Crippen molar-refractivity contribution in [2.45, 2.75) is 13.0 Å². The number of benzene rings is 2. The second-order valence-corrected chi connectivity index (χ2v) is 4.06. The molecule has 0 bridgehead atoms. The first-order valence-corrected chi connectivity index (χ1v) is 6.22. The minimum Gasteiger partial charge on any atom is -0.493 e. The molecule has 0 aliphatic carbocycles. The fourth-order valence-corrected chi connectivity index (χ4v) is 1.58. The molecule has 3 heteroatoms. The van der Waals surface area contributed by atoms with Gasteiger partial charge in [-0.3, -0.25) is 4.79 Å². The van der Waals surface area contributed by atoms with Crippen LogP contribution in [0.4, 0.5) is 0 Å². The molecule has 0 heterocycles. The van der Waals surface area contributed by atoms with E-state index in [-0.39, 0.29) is 12.4 Å². The summed E-state index contributed by atoms with van der Waals surface area (Å²) in [5, 5.41) is 0. The monoisotopic (exact) mass is 256 g/mol. The lowest BCUT2D eigenvalue weighted by Crippen LogP contribution is -2.09. The van der Waals surface area contributed by atoms with Gasteiger partial charge in [0.2, 0.25) is 0 Å². The lowest BCUT2D eigenvalue weighted by molar-refractivity contribution is -0.145. The fourth-order valence-electron chi connectivity index (χ4n) is 1.58. The number of rotatable bonds is 6. The standard InChI is InChI=1S/C16H16O3/c17-16(19-13-14-7-3-1-4-8-14)11-12-18-15-9-5-2-6-10-15/h1-10H,11-13H2. The molecule has 0 fully saturated rings. The molecule has 0 saturated heterocycles. The molecule has 0 atom stereocenters. The van der Waals surface area contributed by atoms with Crippen molar-refractivity contribution in [2.24, 2.45) is 0 Å². The number of ether oxygens (including phenoxy) is 2. The lowest BCUT2D eigenvalue weighted by Gasteiger charge is -2.06. The predicted octanol–water partition coefficient (Wildman–Crippen LogP) is 3.20. The molecule has 3 nitrogen and oxygen atoms in total. The summed E-state index contributed by atoms with van der Waals surface area (Å²) in [4.78, 5) is 11.5. The molecule has 0 radical (unpaired) electrons. The second-order valence-electron chi connectivity index (χ2n) is 4.06. The van der Waals surface area contributed by atoms with E-state index in [9.17, 15) is 4.79 Å². The van der Waals surface area contributed by atoms with Gasteiger partial charge < -0.3 is 9.47 Å². The Labute approximate surface area is 112 Å². The third-order valence-electron chi connectivity index (χ3n) is 2.56. The predicted molar refractivity (Wildman–Crippen MR) is 72.8 cm³/mol. The van der Waals surface area contributed by atoms with E-state index < -0.39 is 0 Å². The smallest absolute Gasteiger partial charge is 0.309 e. The van der Waals surface area contributed by atoms with Crippen molar-refractivity contribution in [3.8, 4) is 5.75 Å². The van der Waals surface area contributed by atoms with Gasteiger partial charge in [0.05, 0.1) is 13.0 Å². The zero-order chi connectivity index (χ0) is 13.3. The normalized spacial score (nSPS) is 9.89. The molecule has 98 valence electrons. The zero-order valence-electron chi connectivity index (χ0n) is 10.6. The first kappa shape index (κ1) is 13.1. The SMILES string of the molecule is O=C(CCOc1ccccc1)OCc1ccccc1. The molecule has 2 aromatic carbocycles. The molecular weight excluding hydrogens is 240 g/mol. The molecule has 0 unspecified atom stereocenters. The van der Waals surface area contributed by atoms with Crippen LogP contribution in [0.5, 0.6) is 5.75 Å². The molecule has 0 aliphatic rings. The van der Waals surface area contributed by atoms with Crippen molar-refractivity contribution in [1.29, 1.82) is 0 Å². The van der Waals surface area contributed by atoms with Crippen molar-refractivity contribution in [3.63, 3.8) is 0 Å². The van der Waals surface area contributed by atoms with Crippen LogP contribution in [0.1, 0.15) is 12.0 Å². The summed E-state index contributed by atoms with van der Waals surface area (Å²) in [6.07, 6.45) is 0.252. The van der Waals surface area contributed by atoms with E-state index >= 15 is 0 Å². The molecule has 19 heavy (non-hydrogen) atoms. The van der Waals surface area contributed by atoms with Crippen LogP contribution in [-0.4, -0.2) is 12.6 Å². The van der Waals surface area contributed by atoms with E-state index in [1.165, 1.54) is 0 Å². The van der Waals surface area contributed by atoms with Crippen LogP contribution in [0.3, 0.4) is 0 Å². The van der Waals surface area contributed by atoms with Gasteiger partial charge in [-0.1, -0.05) is 48.5 Å². The van der Waals surface area contributed by atoms with Gasteiger partial charge in [0.25, 0.3) is 0 Å². The molecular formula is C16H16O3. The number of hydrogen-bond acceptors (Lipinski definition) is 3. The van der Waals surface area contributed by atoms with Crippen LogP contribution < -0.4 is 4.74 Å². The van der Waals surface area contributed by atoms with Gasteiger partial charge in [0.1, 0.15) is 12.4 Å². The maximum atomic E-state index is 11.5. The Balaban J connectivity index is 1.65. The van der Waals surface area contributed by atoms with E-state index in [2.05, 4.69) is 0 Å². The molecule has 0 amide bonds. The Hall–Kier alpha value is -2.29. The molecule has 2 aromatic rings. The third kappa shape index (κ3) is 4.84. The summed E-state index contributed by atoms with van der Waals surface area (Å²) in [6.45, 7) is 0.642. The topological polar surface area (TPSA) is 35.5 Å². The van der Waals surface area contributed by atoms with Gasteiger partial charge in [-0.05, 0) is 17.7 Å². The Morgan fingerprint density at radius 2 is 1.53 bits per heavy atom. The highest BCUT2D eigenvalue weighted by atomic mass is 16.5. The van der Waals surface area contributed by atoms with Crippen molar-refractivity contribution in [2.75, 3.05) is 6.61 Å². The Morgan fingerprint density at radius 1 is 0.895 bits per heavy atom. The number of esters is 1. The third-order valence-corrected chi connectivity index (χ3v) is 2.56. The molecule has 0 aromatic heterocycles. The molecule has 0 spiro atoms. The summed E-state index contributed by atoms with van der Waals surface area (Å²) >= 11 is 0. The highest BCUT2D eigenvalue weighted by molar-refractivity contribution is 5.69. The van der Waals surface area contributed by atoms with E-state index in [0.717, 1.165) is 11.3 Å². The van der Waals surface area contributed by atoms with Crippen LogP contribution in [0.25, 0.3) is 0 Å². The van der Waals surface area contributed by atoms with E-state index in [1.807, 2.05) is 60.7 Å². The zero-order valence-corrected chi connectivity index (χ0v) is 10.6. The summed E-state index contributed by atoms with van der Waals surface area (Å²) in [5.41, 5.74) is 0.986. The van der Waals surface area contributed by atoms with Crippen molar-refractivity contribution >= 4 is 5.97 Å². The Bertz CT molecular complexity index is 494. The maximum Gasteiger partial charge on any atom is 0.309 e. The Kier molecular flexibility index (Phi) is 4.99. The largest absolute Gasteiger partial charge is 0.493 e. The van der Waals surface area contributed by atoms with Crippen LogP contribution in [0.2, 0.25) is 0 Å². The van der Waals surface area contributed by atoms with Crippen LogP contribution in [-0.2, 0) is 16.1 Å². The number of carbonyl (C=O) groups is 1. The first-order chi connectivity index (χ1) is 9.34. The second kappa shape index (κ2) is 7.21. The van der Waals surface area contributed by atoms with Crippen LogP contribution in [0.15, 0.2) is 60.7 Å². The highest BCUT2D eigenvalue weighted by Gasteiger charge is 2.03. The van der Waals surface area contributed by atoms with E-state index in [4.69, 9.17) is 9.47 Å². The lowest BCUT2D eigenvalue weighted by atomic mass is 10.2. The van der Waals surface area contributed by atoms with Crippen molar-refractivity contribution in [1.82, 2.24) is 0 Å². The van der Waals surface area contributed by atoms with Gasteiger partial charge >= 0.3 is 5.97 Å². The molecule has 0 aliphatic heterocycles. The van der Waals surface area contributed by atoms with E-state index in [0.29, 0.717) is 13.2 Å². The fraction of sp³-hybridized carbons (Fsp3) is 0.188. The van der Waals surface area contributed by atoms with Gasteiger partial charge in [-0.15, -0.1) is 0 Å². The maximum absolute atomic E-state index is 11.5. The highest BCUT2D eigenvalue weighted by Crippen LogP contribution is 2.08.